The number of nitrogens with zero attached hydrogens (tertiary/aromatic N) is 1. The van der Waals surface area contributed by atoms with Crippen LogP contribution in [0.25, 0.3) is 0 Å². The molecule has 112 valence electrons. The predicted molar refractivity (Wildman–Crippen MR) is 90.9 cm³/mol. The van der Waals surface area contributed by atoms with Gasteiger partial charge in [0.25, 0.3) is 0 Å². The fraction of sp³-hybridized carbons (Fsp3) is 0.286. The molecule has 1 aromatic carbocycles. The Morgan fingerprint density at radius 3 is 2.95 bits per heavy atom. The van der Waals surface area contributed by atoms with Gasteiger partial charge in [0.15, 0.2) is 5.13 Å². The number of hydrogen-bond acceptors (Lipinski definition) is 5. The number of amides is 1. The van der Waals surface area contributed by atoms with Gasteiger partial charge in [0, 0.05) is 29.1 Å². The molecule has 0 radical (unpaired) electrons. The lowest BCUT2D eigenvalue weighted by molar-refractivity contribution is -0.118. The van der Waals surface area contributed by atoms with Crippen LogP contribution < -0.4 is 11.1 Å². The number of anilines is 1. The Balaban J connectivity index is 1.63. The minimum Gasteiger partial charge on any atom is -0.375 e. The third kappa shape index (κ3) is 5.57. The van der Waals surface area contributed by atoms with Gasteiger partial charge in [-0.2, -0.15) is 0 Å². The molecule has 3 N–H and O–H groups in total. The highest BCUT2D eigenvalue weighted by Crippen LogP contribution is 2.20. The zero-order valence-electron chi connectivity index (χ0n) is 11.3. The molecular formula is C14H16ClN3OS2. The van der Waals surface area contributed by atoms with Crippen molar-refractivity contribution >= 4 is 45.7 Å². The number of aromatic nitrogens is 1. The molecule has 1 heterocycles. The molecule has 0 saturated heterocycles. The number of nitrogen functional groups attached to an aromatic ring is 1. The Bertz CT molecular complexity index is 603. The minimum atomic E-state index is 0.0234. The largest absolute Gasteiger partial charge is 0.375 e. The minimum absolute atomic E-state index is 0.0234. The van der Waals surface area contributed by atoms with Crippen LogP contribution in [0.3, 0.4) is 0 Å². The molecule has 0 atom stereocenters. The van der Waals surface area contributed by atoms with E-state index in [0.29, 0.717) is 23.8 Å². The summed E-state index contributed by atoms with van der Waals surface area (Å²) in [4.78, 5) is 15.9. The van der Waals surface area contributed by atoms with Crippen LogP contribution in [0, 0.1) is 0 Å². The van der Waals surface area contributed by atoms with E-state index in [2.05, 4.69) is 10.3 Å². The predicted octanol–water partition coefficient (Wildman–Crippen LogP) is 2.97. The topological polar surface area (TPSA) is 68.0 Å². The van der Waals surface area contributed by atoms with E-state index in [4.69, 9.17) is 17.3 Å². The van der Waals surface area contributed by atoms with Gasteiger partial charge in [-0.1, -0.05) is 29.8 Å². The standard InChI is InChI=1S/C14H16ClN3OS2/c15-12-4-2-1-3-10(12)7-20-9-13(19)17-6-5-11-8-21-14(16)18-11/h1-4,8H,5-7,9H2,(H2,16,18)(H,17,19). The first-order valence-corrected chi connectivity index (χ1v) is 8.84. The molecule has 0 bridgehead atoms. The van der Waals surface area contributed by atoms with Crippen LogP contribution in [0.1, 0.15) is 11.3 Å². The molecule has 0 saturated carbocycles. The zero-order chi connectivity index (χ0) is 15.1. The van der Waals surface area contributed by atoms with Crippen molar-refractivity contribution in [3.63, 3.8) is 0 Å². The highest BCUT2D eigenvalue weighted by atomic mass is 35.5. The first-order chi connectivity index (χ1) is 10.1. The summed E-state index contributed by atoms with van der Waals surface area (Å²) >= 11 is 9.03. The number of thioether (sulfide) groups is 1. The molecule has 0 unspecified atom stereocenters. The van der Waals surface area contributed by atoms with Crippen molar-refractivity contribution < 1.29 is 4.79 Å². The normalized spacial score (nSPS) is 10.5. The van der Waals surface area contributed by atoms with E-state index in [1.807, 2.05) is 29.6 Å². The summed E-state index contributed by atoms with van der Waals surface area (Å²) in [5.41, 5.74) is 7.52. The molecule has 0 aliphatic carbocycles. The van der Waals surface area contributed by atoms with Gasteiger partial charge in [0.05, 0.1) is 11.4 Å². The van der Waals surface area contributed by atoms with Crippen LogP contribution in [0.2, 0.25) is 5.02 Å². The van der Waals surface area contributed by atoms with Crippen molar-refractivity contribution in [3.05, 3.63) is 45.9 Å². The van der Waals surface area contributed by atoms with Gasteiger partial charge in [-0.05, 0) is 11.6 Å². The van der Waals surface area contributed by atoms with E-state index < -0.39 is 0 Å². The number of benzene rings is 1. The third-order valence-corrected chi connectivity index (χ3v) is 4.79. The Kier molecular flexibility index (Phi) is 6.35. The smallest absolute Gasteiger partial charge is 0.230 e. The molecule has 0 spiro atoms. The maximum Gasteiger partial charge on any atom is 0.230 e. The van der Waals surface area contributed by atoms with E-state index in [9.17, 15) is 4.79 Å². The lowest BCUT2D eigenvalue weighted by Crippen LogP contribution is -2.27. The molecule has 0 fully saturated rings. The first kappa shape index (κ1) is 16.1. The van der Waals surface area contributed by atoms with Gasteiger partial charge in [-0.25, -0.2) is 4.98 Å². The molecule has 1 amide bonds. The van der Waals surface area contributed by atoms with E-state index in [1.54, 1.807) is 11.8 Å². The lowest BCUT2D eigenvalue weighted by atomic mass is 10.2. The summed E-state index contributed by atoms with van der Waals surface area (Å²) in [7, 11) is 0. The molecule has 4 nitrogen and oxygen atoms in total. The average Bonchev–Trinajstić information content (AvgIpc) is 2.87. The number of nitrogens with one attached hydrogen (secondary N) is 1. The number of carbonyl (C=O) groups is 1. The average molecular weight is 342 g/mol. The van der Waals surface area contributed by atoms with Crippen molar-refractivity contribution in [2.24, 2.45) is 0 Å². The fourth-order valence-electron chi connectivity index (χ4n) is 1.69. The van der Waals surface area contributed by atoms with Gasteiger partial charge in [0.2, 0.25) is 5.91 Å². The monoisotopic (exact) mass is 341 g/mol. The molecule has 21 heavy (non-hydrogen) atoms. The van der Waals surface area contributed by atoms with E-state index in [1.165, 1.54) is 11.3 Å². The quantitative estimate of drug-likeness (QED) is 0.812. The molecule has 2 rings (SSSR count). The highest BCUT2D eigenvalue weighted by molar-refractivity contribution is 7.99. The Morgan fingerprint density at radius 2 is 2.24 bits per heavy atom. The van der Waals surface area contributed by atoms with Crippen LogP contribution in [0.4, 0.5) is 5.13 Å². The van der Waals surface area contributed by atoms with Crippen molar-refractivity contribution in [1.82, 2.24) is 10.3 Å². The van der Waals surface area contributed by atoms with Crippen molar-refractivity contribution in [3.8, 4) is 0 Å². The lowest BCUT2D eigenvalue weighted by Gasteiger charge is -2.05. The molecule has 2 aromatic rings. The zero-order valence-corrected chi connectivity index (χ0v) is 13.7. The number of carbonyl (C=O) groups excluding carboxylic acids is 1. The number of hydrogen-bond donors (Lipinski definition) is 2. The van der Waals surface area contributed by atoms with Gasteiger partial charge in [-0.15, -0.1) is 23.1 Å². The van der Waals surface area contributed by atoms with Crippen LogP contribution in [0.5, 0.6) is 0 Å². The summed E-state index contributed by atoms with van der Waals surface area (Å²) in [6.07, 6.45) is 0.703. The SMILES string of the molecule is Nc1nc(CCNC(=O)CSCc2ccccc2Cl)cs1. The third-order valence-electron chi connectivity index (χ3n) is 2.72. The van der Waals surface area contributed by atoms with Crippen LogP contribution in [-0.4, -0.2) is 23.2 Å². The molecule has 0 aliphatic heterocycles. The van der Waals surface area contributed by atoms with E-state index >= 15 is 0 Å². The summed E-state index contributed by atoms with van der Waals surface area (Å²) in [5, 5.41) is 6.09. The number of halogens is 1. The molecular weight excluding hydrogens is 326 g/mol. The molecule has 1 aromatic heterocycles. The maximum absolute atomic E-state index is 11.7. The van der Waals surface area contributed by atoms with E-state index in [-0.39, 0.29) is 5.91 Å². The van der Waals surface area contributed by atoms with Crippen molar-refractivity contribution in [1.29, 1.82) is 0 Å². The fourth-order valence-corrected chi connectivity index (χ4v) is 3.43. The Hall–Kier alpha value is -1.24. The summed E-state index contributed by atoms with van der Waals surface area (Å²) in [6.45, 7) is 0.578. The van der Waals surface area contributed by atoms with Gasteiger partial charge >= 0.3 is 0 Å². The van der Waals surface area contributed by atoms with Crippen LogP contribution in [-0.2, 0) is 17.0 Å². The second-order valence-electron chi connectivity index (χ2n) is 4.36. The summed E-state index contributed by atoms with van der Waals surface area (Å²) < 4.78 is 0. The molecule has 0 aliphatic rings. The van der Waals surface area contributed by atoms with Gasteiger partial charge in [0.1, 0.15) is 0 Å². The summed E-state index contributed by atoms with van der Waals surface area (Å²) in [6, 6.07) is 7.67. The summed E-state index contributed by atoms with van der Waals surface area (Å²) in [5.74, 6) is 1.18. The van der Waals surface area contributed by atoms with Gasteiger partial charge < -0.3 is 11.1 Å². The van der Waals surface area contributed by atoms with E-state index in [0.717, 1.165) is 22.0 Å². The second-order valence-corrected chi connectivity index (χ2v) is 6.64. The van der Waals surface area contributed by atoms with Gasteiger partial charge in [-0.3, -0.25) is 4.79 Å². The number of thiazole rings is 1. The Labute approximate surface area is 137 Å². The second kappa shape index (κ2) is 8.26. The Morgan fingerprint density at radius 1 is 1.43 bits per heavy atom. The highest BCUT2D eigenvalue weighted by Gasteiger charge is 2.04. The van der Waals surface area contributed by atoms with Crippen molar-refractivity contribution in [2.75, 3.05) is 18.0 Å². The van der Waals surface area contributed by atoms with Crippen LogP contribution in [0.15, 0.2) is 29.6 Å². The number of rotatable bonds is 7. The molecule has 7 heteroatoms. The van der Waals surface area contributed by atoms with Crippen LogP contribution >= 0.6 is 34.7 Å². The first-order valence-electron chi connectivity index (χ1n) is 6.43. The maximum atomic E-state index is 11.7. The van der Waals surface area contributed by atoms with Crippen molar-refractivity contribution in [2.45, 2.75) is 12.2 Å². The number of nitrogens with two attached hydrogens (primary N) is 1.